The Hall–Kier alpha value is -3.92. The average Bonchev–Trinajstić information content (AvgIpc) is 3.05. The van der Waals surface area contributed by atoms with Gasteiger partial charge < -0.3 is 15.2 Å². The van der Waals surface area contributed by atoms with Crippen LogP contribution in [0.3, 0.4) is 0 Å². The summed E-state index contributed by atoms with van der Waals surface area (Å²) in [7, 11) is 1.38. The second-order valence-electron chi connectivity index (χ2n) is 5.82. The number of carbonyl (C=O) groups is 2. The minimum atomic E-state index is -1.33. The molecule has 0 saturated heterocycles. The first-order chi connectivity index (χ1) is 13.7. The fourth-order valence-electron chi connectivity index (χ4n) is 2.51. The van der Waals surface area contributed by atoms with E-state index >= 15 is 0 Å². The molecule has 1 amide bonds. The summed E-state index contributed by atoms with van der Waals surface area (Å²) in [5, 5.41) is 27.2. The zero-order chi connectivity index (χ0) is 21.1. The van der Waals surface area contributed by atoms with E-state index in [0.717, 1.165) is 16.9 Å². The van der Waals surface area contributed by atoms with E-state index in [1.165, 1.54) is 19.2 Å². The molecule has 0 fully saturated rings. The average molecular weight is 417 g/mol. The largest absolute Gasteiger partial charge is 0.477 e. The van der Waals surface area contributed by atoms with Crippen molar-refractivity contribution in [3.8, 4) is 11.5 Å². The predicted molar refractivity (Wildman–Crippen MR) is 103 cm³/mol. The Balaban J connectivity index is 1.91. The molecule has 0 saturated carbocycles. The Kier molecular flexibility index (Phi) is 5.46. The molecule has 148 valence electrons. The molecular weight excluding hydrogens is 404 g/mol. The second-order valence-corrected chi connectivity index (χ2v) is 6.25. The number of carboxylic acid groups (broad SMARTS) is 1. The van der Waals surface area contributed by atoms with E-state index < -0.39 is 16.8 Å². The molecule has 29 heavy (non-hydrogen) atoms. The number of carboxylic acids is 1. The number of benzene rings is 2. The standard InChI is InChI=1S/C18H13ClN4O6/c1-22-16(18(25)26)15(9-20-22)17(24)21-11-6-12(23(27)28)8-14(7-11)29-13-4-2-10(19)3-5-13/h2-9H,1H3,(H,21,24)(H,25,26). The van der Waals surface area contributed by atoms with Crippen LogP contribution in [0.5, 0.6) is 11.5 Å². The van der Waals surface area contributed by atoms with Gasteiger partial charge in [0.05, 0.1) is 28.4 Å². The number of nitro groups is 1. The number of halogens is 1. The number of hydrogen-bond acceptors (Lipinski definition) is 6. The quantitative estimate of drug-likeness (QED) is 0.461. The lowest BCUT2D eigenvalue weighted by atomic mass is 10.2. The van der Waals surface area contributed by atoms with Crippen molar-refractivity contribution in [1.82, 2.24) is 9.78 Å². The summed E-state index contributed by atoms with van der Waals surface area (Å²) in [5.41, 5.74) is -0.776. The van der Waals surface area contributed by atoms with E-state index in [4.69, 9.17) is 16.3 Å². The minimum absolute atomic E-state index is 0.0494. The highest BCUT2D eigenvalue weighted by Gasteiger charge is 2.22. The number of ether oxygens (including phenoxy) is 1. The lowest BCUT2D eigenvalue weighted by molar-refractivity contribution is -0.384. The number of amides is 1. The molecule has 0 atom stereocenters. The molecule has 0 radical (unpaired) electrons. The van der Waals surface area contributed by atoms with Gasteiger partial charge in [-0.05, 0) is 24.3 Å². The number of nitrogens with zero attached hydrogens (tertiary/aromatic N) is 3. The van der Waals surface area contributed by atoms with Crippen LogP contribution >= 0.6 is 11.6 Å². The Morgan fingerprint density at radius 2 is 1.90 bits per heavy atom. The van der Waals surface area contributed by atoms with Crippen LogP contribution in [0.25, 0.3) is 0 Å². The van der Waals surface area contributed by atoms with Gasteiger partial charge in [0.25, 0.3) is 11.6 Å². The van der Waals surface area contributed by atoms with Crippen molar-refractivity contribution in [3.05, 3.63) is 75.1 Å². The summed E-state index contributed by atoms with van der Waals surface area (Å²) >= 11 is 5.82. The maximum Gasteiger partial charge on any atom is 0.354 e. The molecule has 2 aromatic carbocycles. The molecule has 0 unspecified atom stereocenters. The number of anilines is 1. The molecule has 11 heteroatoms. The van der Waals surface area contributed by atoms with E-state index in [9.17, 15) is 24.8 Å². The fraction of sp³-hybridized carbons (Fsp3) is 0.0556. The van der Waals surface area contributed by atoms with Crippen LogP contribution in [0.4, 0.5) is 11.4 Å². The summed E-state index contributed by atoms with van der Waals surface area (Å²) in [6.45, 7) is 0. The molecule has 0 aliphatic carbocycles. The van der Waals surface area contributed by atoms with Gasteiger partial charge in [-0.3, -0.25) is 19.6 Å². The lowest BCUT2D eigenvalue weighted by Crippen LogP contribution is -2.17. The van der Waals surface area contributed by atoms with Crippen molar-refractivity contribution in [3.63, 3.8) is 0 Å². The van der Waals surface area contributed by atoms with Gasteiger partial charge in [0.15, 0.2) is 5.69 Å². The van der Waals surface area contributed by atoms with E-state index in [0.29, 0.717) is 10.8 Å². The third kappa shape index (κ3) is 4.50. The molecule has 1 heterocycles. The van der Waals surface area contributed by atoms with Gasteiger partial charge in [-0.1, -0.05) is 11.6 Å². The zero-order valence-corrected chi connectivity index (χ0v) is 15.6. The molecule has 2 N–H and O–H groups in total. The van der Waals surface area contributed by atoms with Gasteiger partial charge in [-0.25, -0.2) is 4.79 Å². The van der Waals surface area contributed by atoms with Crippen LogP contribution in [0.1, 0.15) is 20.8 Å². The Morgan fingerprint density at radius 1 is 1.21 bits per heavy atom. The van der Waals surface area contributed by atoms with Crippen LogP contribution in [-0.2, 0) is 7.05 Å². The summed E-state index contributed by atoms with van der Waals surface area (Å²) in [5.74, 6) is -1.64. The molecule has 3 aromatic rings. The van der Waals surface area contributed by atoms with E-state index in [1.807, 2.05) is 0 Å². The highest BCUT2D eigenvalue weighted by Crippen LogP contribution is 2.30. The molecule has 0 spiro atoms. The monoisotopic (exact) mass is 416 g/mol. The Bertz CT molecular complexity index is 1110. The number of carbonyl (C=O) groups excluding carboxylic acids is 1. The van der Waals surface area contributed by atoms with Gasteiger partial charge in [-0.15, -0.1) is 0 Å². The molecule has 10 nitrogen and oxygen atoms in total. The van der Waals surface area contributed by atoms with Gasteiger partial charge in [0.2, 0.25) is 0 Å². The van der Waals surface area contributed by atoms with Gasteiger partial charge in [0, 0.05) is 24.2 Å². The number of aromatic nitrogens is 2. The minimum Gasteiger partial charge on any atom is -0.477 e. The highest BCUT2D eigenvalue weighted by atomic mass is 35.5. The first-order valence-corrected chi connectivity index (χ1v) is 8.42. The van der Waals surface area contributed by atoms with Crippen molar-refractivity contribution in [2.24, 2.45) is 7.05 Å². The normalized spacial score (nSPS) is 10.4. The van der Waals surface area contributed by atoms with Crippen LogP contribution < -0.4 is 10.1 Å². The predicted octanol–water partition coefficient (Wildman–Crippen LogP) is 3.72. The second kappa shape index (κ2) is 7.98. The number of aromatic carboxylic acids is 1. The zero-order valence-electron chi connectivity index (χ0n) is 14.8. The number of non-ortho nitro benzene ring substituents is 1. The Labute approximate surface area is 168 Å². The fourth-order valence-corrected chi connectivity index (χ4v) is 2.64. The van der Waals surface area contributed by atoms with Crippen molar-refractivity contribution in [1.29, 1.82) is 0 Å². The van der Waals surface area contributed by atoms with Crippen LogP contribution in [-0.4, -0.2) is 31.7 Å². The number of aryl methyl sites for hydroxylation is 1. The van der Waals surface area contributed by atoms with E-state index in [2.05, 4.69) is 10.4 Å². The van der Waals surface area contributed by atoms with E-state index in [-0.39, 0.29) is 28.4 Å². The van der Waals surface area contributed by atoms with Gasteiger partial charge in [-0.2, -0.15) is 5.10 Å². The summed E-state index contributed by atoms with van der Waals surface area (Å²) in [4.78, 5) is 34.4. The number of rotatable bonds is 6. The number of hydrogen-bond donors (Lipinski definition) is 2. The van der Waals surface area contributed by atoms with Crippen LogP contribution in [0.15, 0.2) is 48.7 Å². The molecule has 0 aliphatic rings. The molecule has 0 bridgehead atoms. The smallest absolute Gasteiger partial charge is 0.354 e. The first kappa shape index (κ1) is 19.8. The van der Waals surface area contributed by atoms with Gasteiger partial charge >= 0.3 is 5.97 Å². The topological polar surface area (TPSA) is 137 Å². The van der Waals surface area contributed by atoms with Crippen LogP contribution in [0.2, 0.25) is 5.02 Å². The third-order valence-electron chi connectivity index (χ3n) is 3.80. The molecule has 0 aliphatic heterocycles. The SMILES string of the molecule is Cn1ncc(C(=O)Nc2cc(Oc3ccc(Cl)cc3)cc([N+](=O)[O-])c2)c1C(=O)O. The highest BCUT2D eigenvalue weighted by molar-refractivity contribution is 6.30. The first-order valence-electron chi connectivity index (χ1n) is 8.04. The van der Waals surface area contributed by atoms with Crippen molar-refractivity contribution in [2.45, 2.75) is 0 Å². The van der Waals surface area contributed by atoms with E-state index in [1.54, 1.807) is 24.3 Å². The maximum absolute atomic E-state index is 12.5. The Morgan fingerprint density at radius 3 is 2.52 bits per heavy atom. The maximum atomic E-state index is 12.5. The van der Waals surface area contributed by atoms with Crippen LogP contribution in [0, 0.1) is 10.1 Å². The van der Waals surface area contributed by atoms with Crippen molar-refractivity contribution < 1.29 is 24.4 Å². The summed E-state index contributed by atoms with van der Waals surface area (Å²) < 4.78 is 6.63. The molecule has 1 aromatic heterocycles. The summed E-state index contributed by atoms with van der Waals surface area (Å²) in [6.07, 6.45) is 1.10. The van der Waals surface area contributed by atoms with Gasteiger partial charge in [0.1, 0.15) is 11.5 Å². The van der Waals surface area contributed by atoms with Crippen molar-refractivity contribution >= 4 is 34.9 Å². The number of nitrogens with one attached hydrogen (secondary N) is 1. The third-order valence-corrected chi connectivity index (χ3v) is 4.05. The molecule has 3 rings (SSSR count). The van der Waals surface area contributed by atoms with Crippen molar-refractivity contribution in [2.75, 3.05) is 5.32 Å². The number of nitro benzene ring substituents is 1. The lowest BCUT2D eigenvalue weighted by Gasteiger charge is -2.09. The molecular formula is C18H13ClN4O6. The summed E-state index contributed by atoms with van der Waals surface area (Å²) in [6, 6.07) is 10.0.